The third kappa shape index (κ3) is 9.81. The summed E-state index contributed by atoms with van der Waals surface area (Å²) in [5.41, 5.74) is 0. The molecule has 4 heavy (non-hydrogen) atoms. The molecule has 0 aromatic carbocycles. The number of rotatable bonds is 0. The van der Waals surface area contributed by atoms with Crippen molar-refractivity contribution in [2.75, 3.05) is 0 Å². The van der Waals surface area contributed by atoms with Crippen molar-refractivity contribution in [3.63, 3.8) is 0 Å². The van der Waals surface area contributed by atoms with Gasteiger partial charge in [0.1, 0.15) is 0 Å². The van der Waals surface area contributed by atoms with E-state index in [0.717, 1.165) is 0 Å². The maximum atomic E-state index is 1.44. The Morgan fingerprint density at radius 1 is 1.25 bits per heavy atom. The molecule has 0 bridgehead atoms. The second kappa shape index (κ2) is 25.0. The van der Waals surface area contributed by atoms with Gasteiger partial charge in [-0.3, -0.25) is 0 Å². The van der Waals surface area contributed by atoms with Crippen molar-refractivity contribution in [1.29, 1.82) is 0 Å². The predicted molar refractivity (Wildman–Crippen MR) is 25.2 cm³/mol. The largest absolute Gasteiger partial charge is 0.193 e. The van der Waals surface area contributed by atoms with Crippen LogP contribution in [0.4, 0.5) is 0 Å². The van der Waals surface area contributed by atoms with Crippen LogP contribution in [0.1, 0.15) is 7.43 Å². The van der Waals surface area contributed by atoms with Crippen molar-refractivity contribution in [3.05, 3.63) is 0 Å². The maximum Gasteiger partial charge on any atom is 0.193 e. The summed E-state index contributed by atoms with van der Waals surface area (Å²) in [4.78, 5) is 0. The van der Waals surface area contributed by atoms with Gasteiger partial charge < -0.3 is 0 Å². The van der Waals surface area contributed by atoms with Gasteiger partial charge in [-0.05, 0) is 0 Å². The maximum absolute atomic E-state index is 1.44. The third-order valence-electron chi connectivity index (χ3n) is 0. The summed E-state index contributed by atoms with van der Waals surface area (Å²) in [6.07, 6.45) is 0. The van der Waals surface area contributed by atoms with Gasteiger partial charge in [0.25, 0.3) is 0 Å². The van der Waals surface area contributed by atoms with Crippen LogP contribution in [0.15, 0.2) is 0 Å². The zero-order chi connectivity index (χ0) is 2.00. The van der Waals surface area contributed by atoms with Gasteiger partial charge in [0.2, 0.25) is 0 Å². The molecule has 0 radical (unpaired) electrons. The van der Waals surface area contributed by atoms with Crippen molar-refractivity contribution in [3.8, 4) is 0 Å². The summed E-state index contributed by atoms with van der Waals surface area (Å²) in [7, 11) is 1.44. The Balaban J connectivity index is -0.00000000500. The molecule has 3 heteroatoms. The van der Waals surface area contributed by atoms with Gasteiger partial charge in [0, 0.05) is 21.7 Å². The van der Waals surface area contributed by atoms with Gasteiger partial charge in [0.15, 0.2) is 15.6 Å². The standard InChI is InChI=1S/CH4.Al.H3Si.Ti.2H/h1H4;;1H3;;;. The molecule has 0 aliphatic rings. The molecule has 0 spiro atoms. The summed E-state index contributed by atoms with van der Waals surface area (Å²) in [6.45, 7) is 0. The van der Waals surface area contributed by atoms with Crippen LogP contribution < -0.4 is 0 Å². The zero-order valence-corrected chi connectivity index (χ0v) is 8.06. The summed E-state index contributed by atoms with van der Waals surface area (Å²) in [6, 6.07) is 0. The first kappa shape index (κ1) is 17.9. The first-order valence-electron chi connectivity index (χ1n) is 1.00. The van der Waals surface area contributed by atoms with Crippen molar-refractivity contribution in [2.45, 2.75) is 7.43 Å². The smallest absolute Gasteiger partial charge is 0.0776 e. The van der Waals surface area contributed by atoms with Gasteiger partial charge >= 0.3 is 0 Å². The van der Waals surface area contributed by atoms with Gasteiger partial charge in [-0.1, -0.05) is 16.2 Å². The molecular weight excluding hydrogens is 115 g/mol. The summed E-state index contributed by atoms with van der Waals surface area (Å²) in [5.74, 6) is 0. The Labute approximate surface area is 53.5 Å². The van der Waals surface area contributed by atoms with Crippen LogP contribution in [0.25, 0.3) is 0 Å². The second-order valence-corrected chi connectivity index (χ2v) is 0. The molecule has 0 saturated heterocycles. The van der Waals surface area contributed by atoms with E-state index in [4.69, 9.17) is 0 Å². The van der Waals surface area contributed by atoms with Gasteiger partial charge in [-0.25, -0.2) is 0 Å². The van der Waals surface area contributed by atoms with E-state index < -0.39 is 0 Å². The Bertz CT molecular complexity index is 8.00. The molecule has 0 fully saturated rings. The molecule has 0 aromatic heterocycles. The summed E-state index contributed by atoms with van der Waals surface area (Å²) in [5, 5.41) is 0. The van der Waals surface area contributed by atoms with E-state index in [1.807, 2.05) is 0 Å². The SMILES string of the molecule is C.[AlH2][SiH3].[Ti]. The summed E-state index contributed by atoms with van der Waals surface area (Å²) < 4.78 is 0. The molecule has 0 saturated carbocycles. The van der Waals surface area contributed by atoms with Crippen molar-refractivity contribution < 1.29 is 21.7 Å². The average Bonchev–Trinajstić information content (AvgIpc) is 1.00. The average molecular weight is 124 g/mol. The molecule has 0 unspecified atom stereocenters. The van der Waals surface area contributed by atoms with Crippen LogP contribution in [-0.4, -0.2) is 24.4 Å². The number of hydrogen-bond acceptors (Lipinski definition) is 0. The van der Waals surface area contributed by atoms with E-state index in [9.17, 15) is 0 Å². The number of hydrogen-bond donors (Lipinski definition) is 0. The van der Waals surface area contributed by atoms with Gasteiger partial charge in [-0.2, -0.15) is 0 Å². The zero-order valence-electron chi connectivity index (χ0n) is 2.50. The molecule has 0 heterocycles. The van der Waals surface area contributed by atoms with Crippen molar-refractivity contribution in [1.82, 2.24) is 0 Å². The molecule has 0 aliphatic heterocycles. The van der Waals surface area contributed by atoms with E-state index in [2.05, 4.69) is 0 Å². The van der Waals surface area contributed by atoms with Crippen molar-refractivity contribution >= 4 is 24.4 Å². The van der Waals surface area contributed by atoms with Crippen LogP contribution in [-0.2, 0) is 21.7 Å². The predicted octanol–water partition coefficient (Wildman–Crippen LogP) is -1.47. The molecule has 0 N–H and O–H groups in total. The first-order chi connectivity index (χ1) is 1.00. The minimum Gasteiger partial charge on any atom is -0.0776 e. The Morgan fingerprint density at radius 3 is 1.25 bits per heavy atom. The van der Waals surface area contributed by atoms with E-state index in [1.165, 1.54) is 24.4 Å². The molecule has 0 aliphatic carbocycles. The normalized spacial score (nSPS) is 2.00. The fraction of sp³-hybridized carbons (Fsp3) is 1.00. The van der Waals surface area contributed by atoms with E-state index in [0.29, 0.717) is 0 Å². The molecule has 0 rings (SSSR count). The van der Waals surface area contributed by atoms with Crippen LogP contribution in [0, 0.1) is 0 Å². The molecule has 24 valence electrons. The molecule has 0 atom stereocenters. The van der Waals surface area contributed by atoms with Gasteiger partial charge in [-0.15, -0.1) is 0 Å². The molecular formula is CH9AlSiTi. The fourth-order valence-corrected chi connectivity index (χ4v) is 0. The van der Waals surface area contributed by atoms with Crippen LogP contribution >= 0.6 is 0 Å². The molecule has 0 aromatic rings. The Hall–Kier alpha value is 1.46. The van der Waals surface area contributed by atoms with E-state index in [-0.39, 0.29) is 29.1 Å². The first-order valence-corrected chi connectivity index (χ1v) is 9.00. The van der Waals surface area contributed by atoms with Crippen LogP contribution in [0.5, 0.6) is 0 Å². The monoisotopic (exact) mass is 124 g/mol. The van der Waals surface area contributed by atoms with E-state index >= 15 is 0 Å². The molecule has 0 nitrogen and oxygen atoms in total. The second-order valence-electron chi connectivity index (χ2n) is 0. The topological polar surface area (TPSA) is 0 Å². The quantitative estimate of drug-likeness (QED) is 0.346. The minimum atomic E-state index is 0. The summed E-state index contributed by atoms with van der Waals surface area (Å²) >= 11 is 1.44. The van der Waals surface area contributed by atoms with Crippen LogP contribution in [0.2, 0.25) is 0 Å². The molecule has 0 amide bonds. The van der Waals surface area contributed by atoms with Crippen LogP contribution in [0.3, 0.4) is 0 Å². The third-order valence-corrected chi connectivity index (χ3v) is 0. The minimum absolute atomic E-state index is 0. The Morgan fingerprint density at radius 2 is 1.25 bits per heavy atom. The fourth-order valence-electron chi connectivity index (χ4n) is 0. The van der Waals surface area contributed by atoms with Gasteiger partial charge in [0.05, 0.1) is 0 Å². The van der Waals surface area contributed by atoms with Crippen molar-refractivity contribution in [2.24, 2.45) is 0 Å². The Kier molecular flexibility index (Phi) is 112. The van der Waals surface area contributed by atoms with E-state index in [1.54, 1.807) is 0 Å².